The molecule has 0 aliphatic heterocycles. The molecule has 0 bridgehead atoms. The summed E-state index contributed by atoms with van der Waals surface area (Å²) in [5.41, 5.74) is 2.38. The van der Waals surface area contributed by atoms with Crippen molar-refractivity contribution < 1.29 is 4.92 Å². The molecule has 1 N–H and O–H groups in total. The fourth-order valence-corrected chi connectivity index (χ4v) is 2.38. The second kappa shape index (κ2) is 6.33. The van der Waals surface area contributed by atoms with Gasteiger partial charge < -0.3 is 5.32 Å². The smallest absolute Gasteiger partial charge is 0.274 e. The van der Waals surface area contributed by atoms with E-state index in [0.717, 1.165) is 11.3 Å². The molecule has 1 unspecified atom stereocenters. The first kappa shape index (κ1) is 15.6. The Labute approximate surface area is 132 Å². The van der Waals surface area contributed by atoms with Crippen LogP contribution in [0.25, 0.3) is 0 Å². The normalized spacial score (nSPS) is 12.0. The second-order valence-corrected chi connectivity index (χ2v) is 5.56. The number of benzene rings is 2. The lowest BCUT2D eigenvalue weighted by Gasteiger charge is -2.18. The number of nitro groups is 1. The molecule has 0 amide bonds. The minimum atomic E-state index is -0.385. The average molecular weight is 325 g/mol. The second-order valence-electron chi connectivity index (χ2n) is 4.75. The molecule has 2 aromatic rings. The first-order chi connectivity index (χ1) is 9.90. The van der Waals surface area contributed by atoms with E-state index in [1.54, 1.807) is 25.1 Å². The van der Waals surface area contributed by atoms with Gasteiger partial charge in [0.2, 0.25) is 0 Å². The van der Waals surface area contributed by atoms with Crippen LogP contribution in [0.3, 0.4) is 0 Å². The van der Waals surface area contributed by atoms with Gasteiger partial charge in [-0.05, 0) is 37.6 Å². The van der Waals surface area contributed by atoms with Gasteiger partial charge in [-0.25, -0.2) is 0 Å². The van der Waals surface area contributed by atoms with Gasteiger partial charge in [-0.1, -0.05) is 35.3 Å². The minimum Gasteiger partial charge on any atom is -0.378 e. The molecule has 0 aromatic heterocycles. The summed E-state index contributed by atoms with van der Waals surface area (Å²) in [6.45, 7) is 3.68. The van der Waals surface area contributed by atoms with E-state index in [4.69, 9.17) is 23.2 Å². The third kappa shape index (κ3) is 3.46. The van der Waals surface area contributed by atoms with E-state index in [-0.39, 0.29) is 16.7 Å². The van der Waals surface area contributed by atoms with Gasteiger partial charge in [-0.15, -0.1) is 0 Å². The highest BCUT2D eigenvalue weighted by Gasteiger charge is 2.15. The van der Waals surface area contributed by atoms with Crippen LogP contribution in [0, 0.1) is 17.0 Å². The van der Waals surface area contributed by atoms with Crippen molar-refractivity contribution in [1.82, 2.24) is 0 Å². The van der Waals surface area contributed by atoms with Crippen molar-refractivity contribution in [2.75, 3.05) is 5.32 Å². The number of rotatable bonds is 4. The van der Waals surface area contributed by atoms with Crippen molar-refractivity contribution in [2.24, 2.45) is 0 Å². The first-order valence-corrected chi connectivity index (χ1v) is 7.11. The minimum absolute atomic E-state index is 0.0551. The standard InChI is InChI=1S/C15H14Cl2N2O2/c1-9-14(4-3-5-15(9)19(20)21)18-10(2)11-6-7-12(16)13(17)8-11/h3-8,10,18H,1-2H3. The van der Waals surface area contributed by atoms with Crippen molar-refractivity contribution in [3.8, 4) is 0 Å². The monoisotopic (exact) mass is 324 g/mol. The predicted octanol–water partition coefficient (Wildman–Crippen LogP) is 5.38. The predicted molar refractivity (Wildman–Crippen MR) is 86.3 cm³/mol. The van der Waals surface area contributed by atoms with Gasteiger partial charge in [-0.3, -0.25) is 10.1 Å². The third-order valence-corrected chi connectivity index (χ3v) is 4.06. The largest absolute Gasteiger partial charge is 0.378 e. The van der Waals surface area contributed by atoms with E-state index in [0.29, 0.717) is 15.6 Å². The van der Waals surface area contributed by atoms with Gasteiger partial charge in [0.1, 0.15) is 0 Å². The number of hydrogen-bond acceptors (Lipinski definition) is 3. The van der Waals surface area contributed by atoms with Crippen LogP contribution in [0.4, 0.5) is 11.4 Å². The molecule has 0 aliphatic carbocycles. The van der Waals surface area contributed by atoms with E-state index in [1.165, 1.54) is 6.07 Å². The molecule has 1 atom stereocenters. The Kier molecular flexibility index (Phi) is 4.70. The molecule has 2 aromatic carbocycles. The zero-order valence-electron chi connectivity index (χ0n) is 11.6. The number of hydrogen-bond donors (Lipinski definition) is 1. The van der Waals surface area contributed by atoms with Crippen LogP contribution in [0.2, 0.25) is 10.0 Å². The number of nitro benzene ring substituents is 1. The summed E-state index contributed by atoms with van der Waals surface area (Å²) < 4.78 is 0. The fraction of sp³-hybridized carbons (Fsp3) is 0.200. The lowest BCUT2D eigenvalue weighted by Crippen LogP contribution is -2.08. The zero-order chi connectivity index (χ0) is 15.6. The average Bonchev–Trinajstić information content (AvgIpc) is 2.43. The molecular weight excluding hydrogens is 311 g/mol. The van der Waals surface area contributed by atoms with Crippen molar-refractivity contribution in [2.45, 2.75) is 19.9 Å². The molecule has 110 valence electrons. The lowest BCUT2D eigenvalue weighted by molar-refractivity contribution is -0.385. The molecule has 21 heavy (non-hydrogen) atoms. The summed E-state index contributed by atoms with van der Waals surface area (Å²) in [7, 11) is 0. The topological polar surface area (TPSA) is 55.2 Å². The Bertz CT molecular complexity index is 689. The van der Waals surface area contributed by atoms with E-state index >= 15 is 0 Å². The summed E-state index contributed by atoms with van der Waals surface area (Å²) in [6.07, 6.45) is 0. The summed E-state index contributed by atoms with van der Waals surface area (Å²) >= 11 is 11.9. The van der Waals surface area contributed by atoms with E-state index in [1.807, 2.05) is 19.1 Å². The van der Waals surface area contributed by atoms with Crippen LogP contribution in [0.15, 0.2) is 36.4 Å². The molecule has 0 saturated carbocycles. The first-order valence-electron chi connectivity index (χ1n) is 6.35. The van der Waals surface area contributed by atoms with E-state index in [9.17, 15) is 10.1 Å². The van der Waals surface area contributed by atoms with Gasteiger partial charge >= 0.3 is 0 Å². The quantitative estimate of drug-likeness (QED) is 0.606. The molecule has 0 saturated heterocycles. The van der Waals surface area contributed by atoms with Crippen molar-refractivity contribution in [3.63, 3.8) is 0 Å². The van der Waals surface area contributed by atoms with Crippen LogP contribution in [-0.2, 0) is 0 Å². The van der Waals surface area contributed by atoms with E-state index in [2.05, 4.69) is 5.32 Å². The SMILES string of the molecule is Cc1c(NC(C)c2ccc(Cl)c(Cl)c2)cccc1[N+](=O)[O-]. The molecule has 0 spiro atoms. The Morgan fingerprint density at radius 3 is 2.52 bits per heavy atom. The highest BCUT2D eigenvalue weighted by molar-refractivity contribution is 6.42. The maximum Gasteiger partial charge on any atom is 0.274 e. The Morgan fingerprint density at radius 2 is 1.90 bits per heavy atom. The Hall–Kier alpha value is -1.78. The lowest BCUT2D eigenvalue weighted by atomic mass is 10.1. The fourth-order valence-electron chi connectivity index (χ4n) is 2.08. The van der Waals surface area contributed by atoms with Crippen molar-refractivity contribution in [1.29, 1.82) is 0 Å². The summed E-state index contributed by atoms with van der Waals surface area (Å²) in [5.74, 6) is 0. The molecular formula is C15H14Cl2N2O2. The van der Waals surface area contributed by atoms with Crippen LogP contribution in [0.5, 0.6) is 0 Å². The van der Waals surface area contributed by atoms with Crippen molar-refractivity contribution in [3.05, 3.63) is 67.7 Å². The van der Waals surface area contributed by atoms with Crippen LogP contribution in [-0.4, -0.2) is 4.92 Å². The molecule has 2 rings (SSSR count). The van der Waals surface area contributed by atoms with Crippen molar-refractivity contribution >= 4 is 34.6 Å². The molecule has 4 nitrogen and oxygen atoms in total. The zero-order valence-corrected chi connectivity index (χ0v) is 13.1. The maximum atomic E-state index is 11.0. The van der Waals surface area contributed by atoms with E-state index < -0.39 is 0 Å². The van der Waals surface area contributed by atoms with Gasteiger partial charge in [-0.2, -0.15) is 0 Å². The Balaban J connectivity index is 2.27. The van der Waals surface area contributed by atoms with Gasteiger partial charge in [0.25, 0.3) is 5.69 Å². The highest BCUT2D eigenvalue weighted by atomic mass is 35.5. The molecule has 6 heteroatoms. The van der Waals surface area contributed by atoms with Gasteiger partial charge in [0.05, 0.1) is 15.0 Å². The maximum absolute atomic E-state index is 11.0. The summed E-state index contributed by atoms with van der Waals surface area (Å²) in [4.78, 5) is 10.6. The molecule has 0 fully saturated rings. The number of anilines is 1. The molecule has 0 heterocycles. The number of halogens is 2. The number of nitrogens with one attached hydrogen (secondary N) is 1. The molecule has 0 aliphatic rings. The van der Waals surface area contributed by atoms with Gasteiger partial charge in [0, 0.05) is 23.4 Å². The summed E-state index contributed by atoms with van der Waals surface area (Å²) in [6, 6.07) is 10.3. The van der Waals surface area contributed by atoms with Crippen LogP contribution in [0.1, 0.15) is 24.1 Å². The molecule has 0 radical (unpaired) electrons. The van der Waals surface area contributed by atoms with Crippen LogP contribution >= 0.6 is 23.2 Å². The highest BCUT2D eigenvalue weighted by Crippen LogP contribution is 2.30. The Morgan fingerprint density at radius 1 is 1.19 bits per heavy atom. The van der Waals surface area contributed by atoms with Crippen LogP contribution < -0.4 is 5.32 Å². The summed E-state index contributed by atoms with van der Waals surface area (Å²) in [5, 5.41) is 15.2. The van der Waals surface area contributed by atoms with Gasteiger partial charge in [0.15, 0.2) is 0 Å². The number of nitrogens with zero attached hydrogens (tertiary/aromatic N) is 1. The third-order valence-electron chi connectivity index (χ3n) is 3.32.